The third kappa shape index (κ3) is 2.89. The van der Waals surface area contributed by atoms with Crippen molar-refractivity contribution >= 4 is 5.65 Å². The van der Waals surface area contributed by atoms with E-state index in [1.807, 2.05) is 24.4 Å². The predicted octanol–water partition coefficient (Wildman–Crippen LogP) is 1.79. The largest absolute Gasteiger partial charge is 0.265 e. The van der Waals surface area contributed by atoms with E-state index in [-0.39, 0.29) is 0 Å². The van der Waals surface area contributed by atoms with Crippen LogP contribution in [0.25, 0.3) is 5.65 Å². The van der Waals surface area contributed by atoms with Gasteiger partial charge in [-0.15, -0.1) is 6.42 Å². The number of hydrogen-bond acceptors (Lipinski definition) is 3. The van der Waals surface area contributed by atoms with Gasteiger partial charge in [0.05, 0.1) is 0 Å². The Morgan fingerprint density at radius 2 is 1.88 bits per heavy atom. The minimum Gasteiger partial charge on any atom is -0.265 e. The molecule has 17 heavy (non-hydrogen) atoms. The number of aromatic nitrogens is 4. The highest BCUT2D eigenvalue weighted by atomic mass is 15.2. The fourth-order valence-electron chi connectivity index (χ4n) is 1.21. The average molecular weight is 222 g/mol. The van der Waals surface area contributed by atoms with Gasteiger partial charge in [0, 0.05) is 30.9 Å². The summed E-state index contributed by atoms with van der Waals surface area (Å²) in [5.74, 6) is 2.44. The Hall–Kier alpha value is -2.67. The summed E-state index contributed by atoms with van der Waals surface area (Å²) in [6, 6.07) is 9.29. The van der Waals surface area contributed by atoms with Gasteiger partial charge in [0.2, 0.25) is 0 Å². The summed E-state index contributed by atoms with van der Waals surface area (Å²) < 4.78 is 1.65. The molecule has 3 aromatic rings. The Kier molecular flexibility index (Phi) is 3.46. The first kappa shape index (κ1) is 10.8. The van der Waals surface area contributed by atoms with E-state index in [1.165, 1.54) is 0 Å². The second-order valence-corrected chi connectivity index (χ2v) is 3.12. The summed E-state index contributed by atoms with van der Waals surface area (Å²) >= 11 is 0. The number of terminal acetylenes is 1. The molecule has 0 amide bonds. The lowest BCUT2D eigenvalue weighted by Gasteiger charge is -1.85. The minimum atomic E-state index is 0.615. The van der Waals surface area contributed by atoms with Crippen LogP contribution in [0.15, 0.2) is 55.1 Å². The lowest BCUT2D eigenvalue weighted by molar-refractivity contribution is 0.932. The van der Waals surface area contributed by atoms with Gasteiger partial charge in [-0.05, 0) is 24.1 Å². The summed E-state index contributed by atoms with van der Waals surface area (Å²) in [7, 11) is 0. The van der Waals surface area contributed by atoms with E-state index in [0.717, 1.165) is 5.65 Å². The first-order valence-electron chi connectivity index (χ1n) is 5.02. The van der Waals surface area contributed by atoms with Crippen LogP contribution in [-0.4, -0.2) is 19.6 Å². The van der Waals surface area contributed by atoms with E-state index in [4.69, 9.17) is 6.42 Å². The van der Waals surface area contributed by atoms with Crippen LogP contribution in [0, 0.1) is 12.3 Å². The zero-order valence-electron chi connectivity index (χ0n) is 9.06. The summed E-state index contributed by atoms with van der Waals surface area (Å²) in [6.07, 6.45) is 12.2. The molecule has 0 bridgehead atoms. The molecule has 82 valence electrons. The monoisotopic (exact) mass is 222 g/mol. The zero-order valence-corrected chi connectivity index (χ0v) is 9.06. The predicted molar refractivity (Wildman–Crippen MR) is 65.2 cm³/mol. The second kappa shape index (κ2) is 5.42. The maximum absolute atomic E-state index is 5.16. The van der Waals surface area contributed by atoms with Crippen molar-refractivity contribution < 1.29 is 0 Å². The molecule has 0 aliphatic carbocycles. The number of fused-ring (bicyclic) bond motifs is 1. The summed E-state index contributed by atoms with van der Waals surface area (Å²) in [5, 5.41) is 4.05. The summed E-state index contributed by atoms with van der Waals surface area (Å²) in [6.45, 7) is 0. The number of hydrogen-bond donors (Lipinski definition) is 0. The standard InChI is InChI=1S/C8H5N3.C5H5N/c1-2-7-6-8-9-4-3-5-11(8)10-7;1-2-4-6-5-3-1/h1,3-6H;1-5H. The molecular weight excluding hydrogens is 212 g/mol. The van der Waals surface area contributed by atoms with Crippen molar-refractivity contribution in [1.29, 1.82) is 0 Å². The molecule has 0 atom stereocenters. The highest BCUT2D eigenvalue weighted by molar-refractivity contribution is 5.43. The van der Waals surface area contributed by atoms with Crippen LogP contribution < -0.4 is 0 Å². The van der Waals surface area contributed by atoms with Crippen molar-refractivity contribution in [1.82, 2.24) is 19.6 Å². The minimum absolute atomic E-state index is 0.615. The van der Waals surface area contributed by atoms with Gasteiger partial charge in [-0.2, -0.15) is 5.10 Å². The van der Waals surface area contributed by atoms with Gasteiger partial charge < -0.3 is 0 Å². The van der Waals surface area contributed by atoms with Crippen LogP contribution in [0.1, 0.15) is 5.69 Å². The van der Waals surface area contributed by atoms with E-state index in [9.17, 15) is 0 Å². The van der Waals surface area contributed by atoms with Crippen molar-refractivity contribution in [2.45, 2.75) is 0 Å². The molecule has 0 aromatic carbocycles. The van der Waals surface area contributed by atoms with E-state index < -0.39 is 0 Å². The fraction of sp³-hybridized carbons (Fsp3) is 0. The maximum Gasteiger partial charge on any atom is 0.156 e. The normalized spacial score (nSPS) is 9.12. The molecule has 0 unspecified atom stereocenters. The van der Waals surface area contributed by atoms with E-state index >= 15 is 0 Å². The SMILES string of the molecule is C#Cc1cc2ncccn2n1.c1ccncc1. The van der Waals surface area contributed by atoms with Crippen LogP contribution in [0.2, 0.25) is 0 Å². The third-order valence-corrected chi connectivity index (χ3v) is 1.95. The van der Waals surface area contributed by atoms with Gasteiger partial charge in [-0.25, -0.2) is 9.50 Å². The van der Waals surface area contributed by atoms with E-state index in [2.05, 4.69) is 21.0 Å². The van der Waals surface area contributed by atoms with E-state index in [0.29, 0.717) is 5.69 Å². The molecule has 0 saturated heterocycles. The van der Waals surface area contributed by atoms with Gasteiger partial charge in [0.25, 0.3) is 0 Å². The lowest BCUT2D eigenvalue weighted by Crippen LogP contribution is -1.86. The lowest BCUT2D eigenvalue weighted by atomic mass is 10.4. The fourth-order valence-corrected chi connectivity index (χ4v) is 1.21. The molecule has 3 aromatic heterocycles. The van der Waals surface area contributed by atoms with Crippen LogP contribution in [0.5, 0.6) is 0 Å². The maximum atomic E-state index is 5.16. The molecule has 4 heteroatoms. The van der Waals surface area contributed by atoms with Crippen LogP contribution in [-0.2, 0) is 0 Å². The zero-order chi connectivity index (χ0) is 11.9. The molecule has 0 aliphatic rings. The molecule has 0 saturated carbocycles. The van der Waals surface area contributed by atoms with Crippen LogP contribution in [0.4, 0.5) is 0 Å². The second-order valence-electron chi connectivity index (χ2n) is 3.12. The number of rotatable bonds is 0. The van der Waals surface area contributed by atoms with E-state index in [1.54, 1.807) is 35.2 Å². The molecule has 0 aliphatic heterocycles. The van der Waals surface area contributed by atoms with Crippen molar-refractivity contribution in [3.05, 3.63) is 60.8 Å². The molecule has 0 spiro atoms. The summed E-state index contributed by atoms with van der Waals surface area (Å²) in [5.41, 5.74) is 1.39. The van der Waals surface area contributed by atoms with Gasteiger partial charge in [-0.3, -0.25) is 4.98 Å². The number of nitrogens with zero attached hydrogens (tertiary/aromatic N) is 4. The quantitative estimate of drug-likeness (QED) is 0.545. The van der Waals surface area contributed by atoms with Gasteiger partial charge in [-0.1, -0.05) is 6.07 Å². The highest BCUT2D eigenvalue weighted by Crippen LogP contribution is 1.99. The van der Waals surface area contributed by atoms with Crippen molar-refractivity contribution in [3.63, 3.8) is 0 Å². The Labute approximate surface area is 99.0 Å². The highest BCUT2D eigenvalue weighted by Gasteiger charge is 1.96. The Morgan fingerprint density at radius 3 is 2.41 bits per heavy atom. The topological polar surface area (TPSA) is 43.1 Å². The van der Waals surface area contributed by atoms with Crippen molar-refractivity contribution in [2.24, 2.45) is 0 Å². The molecule has 0 radical (unpaired) electrons. The van der Waals surface area contributed by atoms with Gasteiger partial charge in [0.15, 0.2) is 5.65 Å². The molecule has 0 N–H and O–H groups in total. The Morgan fingerprint density at radius 1 is 1.06 bits per heavy atom. The van der Waals surface area contributed by atoms with Crippen LogP contribution >= 0.6 is 0 Å². The van der Waals surface area contributed by atoms with Crippen molar-refractivity contribution in [2.75, 3.05) is 0 Å². The molecular formula is C13H10N4. The third-order valence-electron chi connectivity index (χ3n) is 1.95. The number of pyridine rings is 1. The first-order valence-corrected chi connectivity index (χ1v) is 5.02. The first-order chi connectivity index (χ1) is 8.40. The van der Waals surface area contributed by atoms with Crippen LogP contribution in [0.3, 0.4) is 0 Å². The molecule has 0 fully saturated rings. The molecule has 3 heterocycles. The Bertz CT molecular complexity index is 563. The molecule has 3 rings (SSSR count). The van der Waals surface area contributed by atoms with Gasteiger partial charge >= 0.3 is 0 Å². The smallest absolute Gasteiger partial charge is 0.156 e. The Balaban J connectivity index is 0.000000153. The van der Waals surface area contributed by atoms with Gasteiger partial charge in [0.1, 0.15) is 5.69 Å². The average Bonchev–Trinajstić information content (AvgIpc) is 2.84. The summed E-state index contributed by atoms with van der Waals surface area (Å²) in [4.78, 5) is 7.84. The van der Waals surface area contributed by atoms with Crippen molar-refractivity contribution in [3.8, 4) is 12.3 Å². The molecule has 4 nitrogen and oxygen atoms in total.